The second kappa shape index (κ2) is 37.0. The molecule has 0 spiro atoms. The number of carbonyl (C=O) groups is 5. The minimum absolute atomic E-state index is 0.0138. The highest BCUT2D eigenvalue weighted by Crippen LogP contribution is 2.46. The van der Waals surface area contributed by atoms with Gasteiger partial charge in [0, 0.05) is 136 Å². The van der Waals surface area contributed by atoms with Gasteiger partial charge >= 0.3 is 0 Å². The van der Waals surface area contributed by atoms with Crippen LogP contribution in [0.1, 0.15) is 158 Å². The molecule has 6 fully saturated rings. The Labute approximate surface area is 679 Å². The number of aryl methyl sites for hydroxylation is 1. The van der Waals surface area contributed by atoms with E-state index < -0.39 is 56.1 Å². The lowest BCUT2D eigenvalue weighted by Gasteiger charge is -2.45. The van der Waals surface area contributed by atoms with Crippen LogP contribution in [0.4, 0.5) is 17.1 Å². The standard InChI is InChI=1S/C86H111ClN12O11S3/c1-57(59-16-18-63(19-17-59)80-58(2)88-56-112-80)89-83(104)77-47-70(100)51-98(77)84(105)81(85(3,4)5)91-78(101)14-10-11-15-79(102)96-39-33-61(34-40-96)60-31-37-94(38-32-60)55-86(6)36-30-74(62-20-24-66(87)25-21-62)65(49-86)50-93-42-44-95(45-43-93)68-26-22-64(23-27-68)82(103)92-113(108,109)73-28-29-75(76(48-73)99(106)107)90-67(54-111-72-12-8-7-9-13-72)35-41-97-52-71-46-69(97)53-110-71/h7-9,12-13,16-29,48,56-57,60-61,67,69-71,77,81,90,100H,10-11,14-15,30-47,49-55H2,1-6H3,(H,89,104)(H,91,101)(H,92,103)/t57-,67+,69+,70+,71+,77-,81+,86?/m0/s1. The summed E-state index contributed by atoms with van der Waals surface area (Å²) in [7, 11) is -4.51. The summed E-state index contributed by atoms with van der Waals surface area (Å²) in [6, 6.07) is 34.8. The van der Waals surface area contributed by atoms with Crippen LogP contribution in [0, 0.1) is 39.7 Å². The van der Waals surface area contributed by atoms with Crippen molar-refractivity contribution in [3.05, 3.63) is 170 Å². The number of likely N-dealkylation sites (tertiary alicyclic amines) is 4. The van der Waals surface area contributed by atoms with Crippen LogP contribution in [-0.2, 0) is 33.9 Å². The molecular weight excluding hydrogens is 1510 g/mol. The van der Waals surface area contributed by atoms with Gasteiger partial charge in [-0.2, -0.15) is 0 Å². The Kier molecular flexibility index (Phi) is 27.2. The van der Waals surface area contributed by atoms with E-state index in [1.165, 1.54) is 33.7 Å². The van der Waals surface area contributed by atoms with Gasteiger partial charge < -0.3 is 45.4 Å². The number of benzene rings is 5. The summed E-state index contributed by atoms with van der Waals surface area (Å²) in [5.41, 5.74) is 9.09. The first-order chi connectivity index (χ1) is 54.2. The topological polar surface area (TPSA) is 273 Å². The molecule has 7 heterocycles. The van der Waals surface area contributed by atoms with Crippen molar-refractivity contribution >= 4 is 96.9 Å². The number of nitrogens with zero attached hydrogens (tertiary/aromatic N) is 8. The van der Waals surface area contributed by atoms with Crippen molar-refractivity contribution in [3.63, 3.8) is 0 Å². The van der Waals surface area contributed by atoms with Gasteiger partial charge in [-0.25, -0.2) is 18.1 Å². The van der Waals surface area contributed by atoms with Gasteiger partial charge in [0.05, 0.1) is 50.8 Å². The number of aliphatic hydroxyl groups is 1. The number of aliphatic hydroxyl groups excluding tert-OH is 1. The summed E-state index contributed by atoms with van der Waals surface area (Å²) < 4.78 is 35.6. The minimum Gasteiger partial charge on any atom is -0.391 e. The summed E-state index contributed by atoms with van der Waals surface area (Å²) in [6.07, 6.45) is 10.1. The molecule has 1 aliphatic carbocycles. The number of anilines is 2. The van der Waals surface area contributed by atoms with Gasteiger partial charge in [-0.3, -0.25) is 43.9 Å². The zero-order valence-corrected chi connectivity index (χ0v) is 69.2. The average Bonchev–Trinajstić information content (AvgIpc) is 1.29. The number of rotatable bonds is 30. The Morgan fingerprint density at radius 2 is 1.51 bits per heavy atom. The molecule has 6 aliphatic heterocycles. The van der Waals surface area contributed by atoms with E-state index >= 15 is 0 Å². The number of nitro benzene ring substituents is 1. The fourth-order valence-corrected chi connectivity index (χ4v) is 20.9. The molecule has 0 saturated carbocycles. The Morgan fingerprint density at radius 1 is 0.823 bits per heavy atom. The van der Waals surface area contributed by atoms with E-state index in [9.17, 15) is 47.6 Å². The number of β-amino-alcohol motifs (C(OH)–C–C–N with tert-alkyl or cyclic N) is 1. The maximum absolute atomic E-state index is 14.3. The summed E-state index contributed by atoms with van der Waals surface area (Å²) in [6.45, 7) is 23.0. The number of nitrogens with one attached hydrogen (secondary N) is 4. The third-order valence-electron chi connectivity index (χ3n) is 24.5. The lowest BCUT2D eigenvalue weighted by atomic mass is 9.70. The Balaban J connectivity index is 0.533. The number of piperidine rings is 2. The summed E-state index contributed by atoms with van der Waals surface area (Å²) >= 11 is 9.67. The van der Waals surface area contributed by atoms with Crippen molar-refractivity contribution in [3.8, 4) is 10.4 Å². The van der Waals surface area contributed by atoms with E-state index in [-0.39, 0.29) is 76.9 Å². The molecule has 1 aromatic heterocycles. The number of allylic oxidation sites excluding steroid dienone is 1. The van der Waals surface area contributed by atoms with Gasteiger partial charge in [0.1, 0.15) is 17.8 Å². The molecule has 23 nitrogen and oxygen atoms in total. The first-order valence-electron chi connectivity index (χ1n) is 40.5. The van der Waals surface area contributed by atoms with Crippen molar-refractivity contribution in [2.75, 3.05) is 108 Å². The second-order valence-electron chi connectivity index (χ2n) is 33.8. The number of fused-ring (bicyclic) bond motifs is 2. The van der Waals surface area contributed by atoms with Crippen molar-refractivity contribution in [1.82, 2.24) is 44.8 Å². The SMILES string of the molecule is Cc1ncsc1-c1ccc([C@H](C)NC(=O)[C@@H]2C[C@@H](O)CN2C(=O)[C@@H](NC(=O)CCCCC(=O)N2CCC(C3CCN(CC4(C)CCC(c5ccc(Cl)cc5)=C(CN5CCN(c6ccc(C(=O)NS(=O)(=O)c7ccc(N[C@H](CCN8C[C@H]9C[C@@H]8CO9)CSc8ccccc8)c([N+](=O)[O-])c7)cc6)CC5)C4)CC3)CC2)C(C)(C)C)cc1. The van der Waals surface area contributed by atoms with E-state index in [2.05, 4.69) is 64.3 Å². The van der Waals surface area contributed by atoms with Gasteiger partial charge in [-0.1, -0.05) is 99.5 Å². The average molecular weight is 1620 g/mol. The normalized spacial score (nSPS) is 22.5. The predicted octanol–water partition coefficient (Wildman–Crippen LogP) is 12.9. The molecule has 113 heavy (non-hydrogen) atoms. The molecule has 13 rings (SSSR count). The quantitative estimate of drug-likeness (QED) is 0.0121. The van der Waals surface area contributed by atoms with Gasteiger partial charge in [0.25, 0.3) is 21.6 Å². The molecule has 6 aromatic rings. The largest absolute Gasteiger partial charge is 0.391 e. The molecule has 606 valence electrons. The number of amides is 5. The number of sulfonamides is 1. The molecule has 6 saturated heterocycles. The number of hydrogen-bond donors (Lipinski definition) is 5. The van der Waals surface area contributed by atoms with E-state index in [4.69, 9.17) is 16.3 Å². The lowest BCUT2D eigenvalue weighted by molar-refractivity contribution is -0.384. The highest BCUT2D eigenvalue weighted by atomic mass is 35.5. The highest BCUT2D eigenvalue weighted by molar-refractivity contribution is 7.99. The van der Waals surface area contributed by atoms with E-state index in [1.54, 1.807) is 35.2 Å². The Hall–Kier alpha value is -7.79. The van der Waals surface area contributed by atoms with E-state index in [0.717, 1.165) is 168 Å². The van der Waals surface area contributed by atoms with Crippen LogP contribution in [0.2, 0.25) is 5.02 Å². The van der Waals surface area contributed by atoms with Crippen LogP contribution in [0.5, 0.6) is 0 Å². The first-order valence-corrected chi connectivity index (χ1v) is 44.2. The zero-order valence-electron chi connectivity index (χ0n) is 66.0. The van der Waals surface area contributed by atoms with Crippen LogP contribution in [0.25, 0.3) is 16.0 Å². The smallest absolute Gasteiger partial charge is 0.293 e. The van der Waals surface area contributed by atoms with Gasteiger partial charge in [-0.15, -0.1) is 23.1 Å². The van der Waals surface area contributed by atoms with Crippen LogP contribution in [0.15, 0.2) is 142 Å². The molecule has 5 amide bonds. The fourth-order valence-electron chi connectivity index (χ4n) is 18.0. The van der Waals surface area contributed by atoms with Crippen LogP contribution in [-0.4, -0.2) is 211 Å². The molecule has 27 heteroatoms. The third-order valence-corrected chi connectivity index (χ3v) is 28.2. The molecule has 8 atom stereocenters. The number of aromatic nitrogens is 1. The maximum Gasteiger partial charge on any atom is 0.293 e. The van der Waals surface area contributed by atoms with Gasteiger partial charge in [0.2, 0.25) is 23.6 Å². The maximum atomic E-state index is 14.3. The van der Waals surface area contributed by atoms with Crippen molar-refractivity contribution in [2.45, 2.75) is 184 Å². The number of nitro groups is 1. The summed E-state index contributed by atoms with van der Waals surface area (Å²) in [4.78, 5) is 101. The number of piperazine rings is 1. The van der Waals surface area contributed by atoms with E-state index in [1.807, 2.05) is 124 Å². The molecule has 5 N–H and O–H groups in total. The van der Waals surface area contributed by atoms with Crippen molar-refractivity contribution < 1.29 is 47.2 Å². The number of ether oxygens (including phenoxy) is 1. The number of carbonyl (C=O) groups excluding carboxylic acids is 5. The summed E-state index contributed by atoms with van der Waals surface area (Å²) in [5.74, 6) is 0.0416. The molecule has 7 aliphatic rings. The number of thiazole rings is 1. The molecule has 2 bridgehead atoms. The number of morpholine rings is 1. The van der Waals surface area contributed by atoms with Crippen LogP contribution in [0.3, 0.4) is 0 Å². The van der Waals surface area contributed by atoms with Gasteiger partial charge in [-0.05, 0) is 203 Å². The highest BCUT2D eigenvalue weighted by Gasteiger charge is 2.46. The number of hydrogen-bond acceptors (Lipinski definition) is 19. The Morgan fingerprint density at radius 3 is 2.17 bits per heavy atom. The second-order valence-corrected chi connectivity index (χ2v) is 37.8. The molecule has 0 radical (unpaired) electrons. The summed E-state index contributed by atoms with van der Waals surface area (Å²) in [5, 5.41) is 33.5. The molecule has 5 aromatic carbocycles. The Bertz CT molecular complexity index is 4470. The fraction of sp³-hybridized carbons (Fsp3) is 0.535. The monoisotopic (exact) mass is 1620 g/mol. The lowest BCUT2D eigenvalue weighted by Crippen LogP contribution is -2.57. The number of halogens is 1. The number of thioether (sulfide) groups is 1. The third kappa shape index (κ3) is 21.3. The van der Waals surface area contributed by atoms with Gasteiger partial charge in [0.15, 0.2) is 0 Å². The molecular formula is C86H111ClN12O11S3. The van der Waals surface area contributed by atoms with Crippen molar-refractivity contribution in [1.29, 1.82) is 0 Å². The minimum atomic E-state index is -4.51. The first kappa shape index (κ1) is 83.2. The number of unbranched alkanes of at least 4 members (excludes halogenated alkanes) is 1. The van der Waals surface area contributed by atoms with Crippen molar-refractivity contribution in [2.24, 2.45) is 22.7 Å². The zero-order chi connectivity index (χ0) is 79.7. The predicted molar refractivity (Wildman–Crippen MR) is 445 cm³/mol. The molecule has 1 unspecified atom stereocenters. The van der Waals surface area contributed by atoms with Crippen LogP contribution >= 0.6 is 34.7 Å². The van der Waals surface area contributed by atoms with E-state index in [0.29, 0.717) is 60.9 Å². The van der Waals surface area contributed by atoms with Crippen LogP contribution < -0.4 is 25.6 Å².